The lowest BCUT2D eigenvalue weighted by atomic mass is 9.85. The summed E-state index contributed by atoms with van der Waals surface area (Å²) in [5, 5.41) is 10.1. The molecule has 1 aromatic carbocycles. The van der Waals surface area contributed by atoms with Gasteiger partial charge in [-0.25, -0.2) is 9.98 Å². The SMILES string of the molecule is CCNC(=NCc1cccc(NC(=O)C2CCC2)c1)NCCc1ccc(Cl)nc1.I. The highest BCUT2D eigenvalue weighted by molar-refractivity contribution is 14.0. The van der Waals surface area contributed by atoms with Gasteiger partial charge in [-0.1, -0.05) is 36.2 Å². The lowest BCUT2D eigenvalue weighted by molar-refractivity contribution is -0.122. The molecule has 6 nitrogen and oxygen atoms in total. The lowest BCUT2D eigenvalue weighted by Crippen LogP contribution is -2.38. The first-order chi connectivity index (χ1) is 14.1. The van der Waals surface area contributed by atoms with E-state index in [0.717, 1.165) is 61.5 Å². The number of guanidine groups is 1. The molecule has 0 aliphatic heterocycles. The molecule has 8 heteroatoms. The first kappa shape index (κ1) is 24.4. The summed E-state index contributed by atoms with van der Waals surface area (Å²) in [5.41, 5.74) is 3.01. The van der Waals surface area contributed by atoms with Crippen molar-refractivity contribution in [3.05, 3.63) is 58.9 Å². The number of anilines is 1. The zero-order valence-corrected chi connectivity index (χ0v) is 20.2. The highest BCUT2D eigenvalue weighted by atomic mass is 127. The monoisotopic (exact) mass is 541 g/mol. The predicted octanol–water partition coefficient (Wildman–Crippen LogP) is 4.39. The van der Waals surface area contributed by atoms with Crippen molar-refractivity contribution in [1.29, 1.82) is 0 Å². The van der Waals surface area contributed by atoms with Gasteiger partial charge in [0, 0.05) is 30.9 Å². The lowest BCUT2D eigenvalue weighted by Gasteiger charge is -2.24. The van der Waals surface area contributed by atoms with Crippen molar-refractivity contribution in [3.8, 4) is 0 Å². The Morgan fingerprint density at radius 1 is 1.20 bits per heavy atom. The third-order valence-corrected chi connectivity index (χ3v) is 5.15. The zero-order valence-electron chi connectivity index (χ0n) is 17.2. The van der Waals surface area contributed by atoms with Crippen molar-refractivity contribution in [2.45, 2.75) is 39.2 Å². The molecule has 30 heavy (non-hydrogen) atoms. The molecular weight excluding hydrogens is 513 g/mol. The van der Waals surface area contributed by atoms with Crippen molar-refractivity contribution < 1.29 is 4.79 Å². The van der Waals surface area contributed by atoms with Crippen LogP contribution in [0.15, 0.2) is 47.6 Å². The maximum Gasteiger partial charge on any atom is 0.227 e. The van der Waals surface area contributed by atoms with Crippen LogP contribution in [0.3, 0.4) is 0 Å². The fourth-order valence-electron chi connectivity index (χ4n) is 3.05. The summed E-state index contributed by atoms with van der Waals surface area (Å²) < 4.78 is 0. The number of hydrogen-bond donors (Lipinski definition) is 3. The van der Waals surface area contributed by atoms with Gasteiger partial charge in [0.15, 0.2) is 5.96 Å². The molecule has 0 unspecified atom stereocenters. The number of carbonyl (C=O) groups is 1. The van der Waals surface area contributed by atoms with Crippen LogP contribution in [0.4, 0.5) is 5.69 Å². The number of pyridine rings is 1. The van der Waals surface area contributed by atoms with Gasteiger partial charge < -0.3 is 16.0 Å². The minimum absolute atomic E-state index is 0. The molecule has 0 atom stereocenters. The van der Waals surface area contributed by atoms with E-state index in [1.54, 1.807) is 12.3 Å². The number of aliphatic imine (C=N–C) groups is 1. The number of amides is 1. The van der Waals surface area contributed by atoms with Crippen LogP contribution in [0.2, 0.25) is 5.15 Å². The van der Waals surface area contributed by atoms with Crippen molar-refractivity contribution in [3.63, 3.8) is 0 Å². The van der Waals surface area contributed by atoms with E-state index in [2.05, 4.69) is 25.9 Å². The minimum Gasteiger partial charge on any atom is -0.357 e. The van der Waals surface area contributed by atoms with Crippen LogP contribution in [0.25, 0.3) is 0 Å². The second-order valence-electron chi connectivity index (χ2n) is 7.18. The van der Waals surface area contributed by atoms with Gasteiger partial charge in [-0.15, -0.1) is 24.0 Å². The highest BCUT2D eigenvalue weighted by Gasteiger charge is 2.25. The second-order valence-corrected chi connectivity index (χ2v) is 7.57. The first-order valence-electron chi connectivity index (χ1n) is 10.2. The number of nitrogens with zero attached hydrogens (tertiary/aromatic N) is 2. The van der Waals surface area contributed by atoms with E-state index in [0.29, 0.717) is 11.7 Å². The van der Waals surface area contributed by atoms with Gasteiger partial charge in [-0.05, 0) is 55.5 Å². The summed E-state index contributed by atoms with van der Waals surface area (Å²) in [5.74, 6) is 1.07. The van der Waals surface area contributed by atoms with E-state index in [-0.39, 0.29) is 35.8 Å². The largest absolute Gasteiger partial charge is 0.357 e. The molecule has 1 aliphatic rings. The zero-order chi connectivity index (χ0) is 20.5. The molecule has 0 bridgehead atoms. The number of rotatable bonds is 8. The molecule has 1 saturated carbocycles. The predicted molar refractivity (Wildman–Crippen MR) is 134 cm³/mol. The highest BCUT2D eigenvalue weighted by Crippen LogP contribution is 2.27. The van der Waals surface area contributed by atoms with Crippen LogP contribution in [-0.4, -0.2) is 29.9 Å². The molecule has 3 rings (SSSR count). The van der Waals surface area contributed by atoms with Gasteiger partial charge in [0.25, 0.3) is 0 Å². The smallest absolute Gasteiger partial charge is 0.227 e. The quantitative estimate of drug-likeness (QED) is 0.200. The molecule has 1 aromatic heterocycles. The van der Waals surface area contributed by atoms with Crippen LogP contribution < -0.4 is 16.0 Å². The van der Waals surface area contributed by atoms with Gasteiger partial charge in [0.2, 0.25) is 5.91 Å². The molecule has 0 radical (unpaired) electrons. The number of hydrogen-bond acceptors (Lipinski definition) is 3. The van der Waals surface area contributed by atoms with Gasteiger partial charge in [-0.3, -0.25) is 4.79 Å². The van der Waals surface area contributed by atoms with E-state index in [4.69, 9.17) is 11.6 Å². The third kappa shape index (κ3) is 7.75. The normalized spacial score (nSPS) is 13.7. The van der Waals surface area contributed by atoms with Gasteiger partial charge in [0.05, 0.1) is 6.54 Å². The Morgan fingerprint density at radius 3 is 2.70 bits per heavy atom. The van der Waals surface area contributed by atoms with Crippen LogP contribution in [0, 0.1) is 5.92 Å². The first-order valence-corrected chi connectivity index (χ1v) is 10.5. The van der Waals surface area contributed by atoms with Gasteiger partial charge >= 0.3 is 0 Å². The maximum atomic E-state index is 12.1. The molecule has 2 aromatic rings. The molecule has 1 fully saturated rings. The van der Waals surface area contributed by atoms with Crippen LogP contribution in [-0.2, 0) is 17.8 Å². The molecule has 3 N–H and O–H groups in total. The molecule has 0 spiro atoms. The van der Waals surface area contributed by atoms with Crippen LogP contribution in [0.5, 0.6) is 0 Å². The Balaban J connectivity index is 0.00000320. The molecule has 0 saturated heterocycles. The minimum atomic E-state index is 0. The fourth-order valence-corrected chi connectivity index (χ4v) is 3.17. The van der Waals surface area contributed by atoms with Crippen molar-refractivity contribution >= 4 is 53.1 Å². The fraction of sp³-hybridized carbons (Fsp3) is 0.409. The Kier molecular flexibility index (Phi) is 10.4. The average molecular weight is 542 g/mol. The summed E-state index contributed by atoms with van der Waals surface area (Å²) in [6, 6.07) is 11.7. The Morgan fingerprint density at radius 2 is 2.03 bits per heavy atom. The van der Waals surface area contributed by atoms with Crippen LogP contribution in [0.1, 0.15) is 37.3 Å². The van der Waals surface area contributed by atoms with E-state index < -0.39 is 0 Å². The van der Waals surface area contributed by atoms with Gasteiger partial charge in [-0.2, -0.15) is 0 Å². The van der Waals surface area contributed by atoms with Gasteiger partial charge in [0.1, 0.15) is 5.15 Å². The molecule has 1 heterocycles. The summed E-state index contributed by atoms with van der Waals surface area (Å²) in [6.07, 6.45) is 5.77. The maximum absolute atomic E-state index is 12.1. The average Bonchev–Trinajstić information content (AvgIpc) is 2.66. The molecular formula is C22H29ClIN5O. The Hall–Kier alpha value is -1.87. The Labute approximate surface area is 200 Å². The number of carbonyl (C=O) groups excluding carboxylic acids is 1. The number of aromatic nitrogens is 1. The van der Waals surface area contributed by atoms with E-state index >= 15 is 0 Å². The third-order valence-electron chi connectivity index (χ3n) is 4.93. The van der Waals surface area contributed by atoms with Crippen molar-refractivity contribution in [2.24, 2.45) is 10.9 Å². The number of halogens is 2. The number of nitrogens with one attached hydrogen (secondary N) is 3. The topological polar surface area (TPSA) is 78.4 Å². The molecule has 1 amide bonds. The summed E-state index contributed by atoms with van der Waals surface area (Å²) >= 11 is 5.82. The summed E-state index contributed by atoms with van der Waals surface area (Å²) in [6.45, 7) is 4.10. The van der Waals surface area contributed by atoms with Crippen molar-refractivity contribution in [1.82, 2.24) is 15.6 Å². The summed E-state index contributed by atoms with van der Waals surface area (Å²) in [7, 11) is 0. The second kappa shape index (κ2) is 12.7. The standard InChI is InChI=1S/C22H28ClN5O.HI/c1-2-24-22(25-12-11-16-9-10-20(23)26-14-16)27-15-17-5-3-8-19(13-17)28-21(29)18-6-4-7-18;/h3,5,8-10,13-14,18H,2,4,6-7,11-12,15H2,1H3,(H,28,29)(H2,24,25,27);1H. The van der Waals surface area contributed by atoms with Crippen molar-refractivity contribution in [2.75, 3.05) is 18.4 Å². The number of benzene rings is 1. The van der Waals surface area contributed by atoms with E-state index in [9.17, 15) is 4.79 Å². The van der Waals surface area contributed by atoms with Crippen LogP contribution >= 0.6 is 35.6 Å². The van der Waals surface area contributed by atoms with E-state index in [1.807, 2.05) is 37.3 Å². The Bertz CT molecular complexity index is 840. The van der Waals surface area contributed by atoms with E-state index in [1.165, 1.54) is 0 Å². The summed E-state index contributed by atoms with van der Waals surface area (Å²) in [4.78, 5) is 20.9. The molecule has 1 aliphatic carbocycles. The molecule has 162 valence electrons.